The molecule has 0 aliphatic heterocycles. The molecule has 5 nitrogen and oxygen atoms in total. The molecule has 0 spiro atoms. The number of aromatic nitrogens is 4. The van der Waals surface area contributed by atoms with Gasteiger partial charge in [-0.25, -0.2) is 19.8 Å². The largest absolute Gasteiger partial charge is 0.309 e. The second-order valence-electron chi connectivity index (χ2n) is 9.22. The van der Waals surface area contributed by atoms with E-state index in [1.807, 2.05) is 78.9 Å². The van der Waals surface area contributed by atoms with Crippen LogP contribution in [0.25, 0.3) is 66.5 Å². The third-order valence-electron chi connectivity index (χ3n) is 6.87. The van der Waals surface area contributed by atoms with Crippen molar-refractivity contribution in [3.8, 4) is 39.9 Å². The molecule has 0 unspecified atom stereocenters. The van der Waals surface area contributed by atoms with Crippen LogP contribution in [-0.4, -0.2) is 19.5 Å². The minimum Gasteiger partial charge on any atom is -0.309 e. The van der Waals surface area contributed by atoms with Gasteiger partial charge in [0.1, 0.15) is 0 Å². The quantitative estimate of drug-likeness (QED) is 0.228. The maximum atomic E-state index is 7.73. The summed E-state index contributed by atoms with van der Waals surface area (Å²) in [5, 5.41) is 2.33. The maximum absolute atomic E-state index is 7.73. The fourth-order valence-corrected chi connectivity index (χ4v) is 5.08. The number of benzene rings is 5. The average Bonchev–Trinajstić information content (AvgIpc) is 3.35. The molecule has 0 fully saturated rings. The Morgan fingerprint density at radius 3 is 1.54 bits per heavy atom. The highest BCUT2D eigenvalue weighted by Gasteiger charge is 2.19. The van der Waals surface area contributed by atoms with Gasteiger partial charge >= 0.3 is 0 Å². The van der Waals surface area contributed by atoms with Gasteiger partial charge in [0.15, 0.2) is 23.2 Å². The molecule has 0 amide bonds. The van der Waals surface area contributed by atoms with Crippen molar-refractivity contribution in [2.45, 2.75) is 0 Å². The molecule has 2 heterocycles. The van der Waals surface area contributed by atoms with Crippen molar-refractivity contribution in [2.24, 2.45) is 0 Å². The van der Waals surface area contributed by atoms with Crippen LogP contribution in [0.15, 0.2) is 127 Å². The highest BCUT2D eigenvalue weighted by molar-refractivity contribution is 6.09. The second-order valence-corrected chi connectivity index (χ2v) is 9.22. The molecule has 39 heavy (non-hydrogen) atoms. The van der Waals surface area contributed by atoms with Crippen LogP contribution in [0.5, 0.6) is 0 Å². The van der Waals surface area contributed by atoms with Crippen molar-refractivity contribution in [1.82, 2.24) is 19.5 Å². The Morgan fingerprint density at radius 1 is 0.513 bits per heavy atom. The topological polar surface area (TPSA) is 48.0 Å². The number of para-hydroxylation sites is 2. The zero-order chi connectivity index (χ0) is 26.2. The summed E-state index contributed by atoms with van der Waals surface area (Å²) >= 11 is 0. The van der Waals surface area contributed by atoms with Gasteiger partial charge in [-0.05, 0) is 24.3 Å². The van der Waals surface area contributed by atoms with Gasteiger partial charge in [0.05, 0.1) is 23.3 Å². The lowest BCUT2D eigenvalue weighted by molar-refractivity contribution is 1.06. The van der Waals surface area contributed by atoms with E-state index in [-0.39, 0.29) is 0 Å². The Balaban J connectivity index is 1.55. The third kappa shape index (κ3) is 3.92. The first kappa shape index (κ1) is 22.6. The van der Waals surface area contributed by atoms with Gasteiger partial charge in [0, 0.05) is 27.5 Å². The number of fused-ring (bicyclic) bond motifs is 3. The lowest BCUT2D eigenvalue weighted by Crippen LogP contribution is -2.03. The van der Waals surface area contributed by atoms with E-state index in [4.69, 9.17) is 21.5 Å². The molecular formula is C34H21N5. The molecule has 182 valence electrons. The summed E-state index contributed by atoms with van der Waals surface area (Å²) in [6, 6.07) is 42.3. The molecule has 0 aliphatic rings. The predicted molar refractivity (Wildman–Crippen MR) is 157 cm³/mol. The van der Waals surface area contributed by atoms with E-state index in [0.29, 0.717) is 23.2 Å². The van der Waals surface area contributed by atoms with E-state index in [2.05, 4.69) is 57.9 Å². The summed E-state index contributed by atoms with van der Waals surface area (Å²) in [6.07, 6.45) is 0. The van der Waals surface area contributed by atoms with Gasteiger partial charge in [-0.15, -0.1) is 0 Å². The molecule has 7 aromatic rings. The molecule has 0 atom stereocenters. The minimum atomic E-state index is 0.519. The lowest BCUT2D eigenvalue weighted by atomic mass is 10.1. The molecule has 0 saturated carbocycles. The number of rotatable bonds is 4. The van der Waals surface area contributed by atoms with Gasteiger partial charge in [-0.3, -0.25) is 0 Å². The highest BCUT2D eigenvalue weighted by Crippen LogP contribution is 2.37. The molecule has 0 aliphatic carbocycles. The van der Waals surface area contributed by atoms with Gasteiger partial charge < -0.3 is 4.57 Å². The molecular weight excluding hydrogens is 478 g/mol. The Hall–Kier alpha value is -5.60. The Labute approximate surface area is 225 Å². The molecule has 0 bridgehead atoms. The highest BCUT2D eigenvalue weighted by atomic mass is 15.1. The SMILES string of the molecule is [C-]#[N+]c1ccc(-n2c3ccccc3c3ccccc32)c(-c2nc(-c3ccccc3)nc(-c3ccccc3)n2)c1. The monoisotopic (exact) mass is 499 g/mol. The van der Waals surface area contributed by atoms with Gasteiger partial charge in [-0.1, -0.05) is 103 Å². The summed E-state index contributed by atoms with van der Waals surface area (Å²) < 4.78 is 2.24. The Kier molecular flexibility index (Phi) is 5.42. The van der Waals surface area contributed by atoms with Crippen molar-refractivity contribution in [3.05, 3.63) is 139 Å². The van der Waals surface area contributed by atoms with Crippen molar-refractivity contribution in [2.75, 3.05) is 0 Å². The molecule has 7 rings (SSSR count). The second kappa shape index (κ2) is 9.37. The van der Waals surface area contributed by atoms with Crippen LogP contribution >= 0.6 is 0 Å². The molecule has 0 N–H and O–H groups in total. The fourth-order valence-electron chi connectivity index (χ4n) is 5.08. The summed E-state index contributed by atoms with van der Waals surface area (Å²) in [5.74, 6) is 1.69. The van der Waals surface area contributed by atoms with Crippen LogP contribution in [0, 0.1) is 6.57 Å². The molecule has 5 heteroatoms. The Bertz CT molecular complexity index is 1910. The lowest BCUT2D eigenvalue weighted by Gasteiger charge is -2.15. The Morgan fingerprint density at radius 2 is 1.00 bits per heavy atom. The van der Waals surface area contributed by atoms with Crippen LogP contribution in [0.4, 0.5) is 5.69 Å². The van der Waals surface area contributed by atoms with Crippen molar-refractivity contribution >= 4 is 27.5 Å². The maximum Gasteiger partial charge on any atom is 0.188 e. The zero-order valence-electron chi connectivity index (χ0n) is 20.9. The van der Waals surface area contributed by atoms with Gasteiger partial charge in [-0.2, -0.15) is 0 Å². The van der Waals surface area contributed by atoms with E-state index in [9.17, 15) is 0 Å². The smallest absolute Gasteiger partial charge is 0.188 e. The average molecular weight is 500 g/mol. The van der Waals surface area contributed by atoms with E-state index < -0.39 is 0 Å². The van der Waals surface area contributed by atoms with Crippen LogP contribution in [0.1, 0.15) is 0 Å². The van der Waals surface area contributed by atoms with Crippen LogP contribution in [0.2, 0.25) is 0 Å². The number of hydrogen-bond donors (Lipinski definition) is 0. The molecule has 5 aromatic carbocycles. The van der Waals surface area contributed by atoms with Crippen LogP contribution < -0.4 is 0 Å². The van der Waals surface area contributed by atoms with E-state index in [1.54, 1.807) is 0 Å². The van der Waals surface area contributed by atoms with Gasteiger partial charge in [0.25, 0.3) is 0 Å². The summed E-state index contributed by atoms with van der Waals surface area (Å²) in [7, 11) is 0. The molecule has 0 radical (unpaired) electrons. The first-order chi connectivity index (χ1) is 19.3. The minimum absolute atomic E-state index is 0.519. The first-order valence-corrected chi connectivity index (χ1v) is 12.7. The fraction of sp³-hybridized carbons (Fsp3) is 0. The van der Waals surface area contributed by atoms with Crippen LogP contribution in [0.3, 0.4) is 0 Å². The first-order valence-electron chi connectivity index (χ1n) is 12.7. The number of hydrogen-bond acceptors (Lipinski definition) is 3. The van der Waals surface area contributed by atoms with Crippen LogP contribution in [-0.2, 0) is 0 Å². The van der Waals surface area contributed by atoms with Gasteiger partial charge in [0.2, 0.25) is 0 Å². The summed E-state index contributed by atoms with van der Waals surface area (Å²) in [6.45, 7) is 7.73. The predicted octanol–water partition coefficient (Wildman–Crippen LogP) is 8.52. The van der Waals surface area contributed by atoms with Crippen molar-refractivity contribution in [3.63, 3.8) is 0 Å². The normalized spacial score (nSPS) is 11.1. The van der Waals surface area contributed by atoms with E-state index in [1.165, 1.54) is 10.8 Å². The van der Waals surface area contributed by atoms with E-state index in [0.717, 1.165) is 33.4 Å². The molecule has 0 saturated heterocycles. The summed E-state index contributed by atoms with van der Waals surface area (Å²) in [4.78, 5) is 18.5. The zero-order valence-corrected chi connectivity index (χ0v) is 20.9. The third-order valence-corrected chi connectivity index (χ3v) is 6.87. The standard InChI is InChI=1S/C34H21N5/c1-35-25-20-21-31(39-29-18-10-8-16-26(29)27-17-9-11-19-30(27)39)28(22-25)34-37-32(23-12-4-2-5-13-23)36-33(38-34)24-14-6-3-7-15-24/h2-22H. The van der Waals surface area contributed by atoms with Crippen molar-refractivity contribution in [1.29, 1.82) is 0 Å². The van der Waals surface area contributed by atoms with E-state index >= 15 is 0 Å². The summed E-state index contributed by atoms with van der Waals surface area (Å²) in [5.41, 5.74) is 6.16. The molecule has 2 aromatic heterocycles. The van der Waals surface area contributed by atoms with Crippen molar-refractivity contribution < 1.29 is 0 Å². The number of nitrogens with zero attached hydrogens (tertiary/aromatic N) is 5.